The van der Waals surface area contributed by atoms with Crippen LogP contribution in [0.3, 0.4) is 0 Å². The maximum absolute atomic E-state index is 12.5. The normalized spacial score (nSPS) is 14.2. The minimum atomic E-state index is -1.22. The van der Waals surface area contributed by atoms with Gasteiger partial charge in [-0.3, -0.25) is 19.4 Å². The Balaban J connectivity index is 1.20. The highest BCUT2D eigenvalue weighted by Gasteiger charge is 2.38. The third-order valence-electron chi connectivity index (χ3n) is 6.96. The van der Waals surface area contributed by atoms with Gasteiger partial charge in [0.2, 0.25) is 0 Å². The molecule has 3 amide bonds. The Bertz CT molecular complexity index is 1160. The summed E-state index contributed by atoms with van der Waals surface area (Å²) in [6.45, 7) is 1.54. The van der Waals surface area contributed by atoms with Crippen molar-refractivity contribution in [3.8, 4) is 5.75 Å². The number of carboxylic acids is 1. The lowest BCUT2D eigenvalue weighted by Crippen LogP contribution is -2.36. The average molecular weight is 572 g/mol. The van der Waals surface area contributed by atoms with E-state index in [1.54, 1.807) is 18.2 Å². The number of rotatable bonds is 19. The van der Waals surface area contributed by atoms with Crippen LogP contribution < -0.4 is 10.2 Å². The van der Waals surface area contributed by atoms with Gasteiger partial charge in [0, 0.05) is 31.0 Å². The number of benzene rings is 2. The first kappa shape index (κ1) is 32.0. The molecule has 5 N–H and O–H groups in total. The van der Waals surface area contributed by atoms with Crippen LogP contribution in [0.1, 0.15) is 61.3 Å². The third kappa shape index (κ3) is 10.1. The largest absolute Gasteiger partial charge is 0.508 e. The number of carbonyl (C=O) groups excluding carboxylic acids is 2. The summed E-state index contributed by atoms with van der Waals surface area (Å²) in [6, 6.07) is 11.6. The van der Waals surface area contributed by atoms with Crippen molar-refractivity contribution < 1.29 is 39.5 Å². The fraction of sp³-hybridized carbons (Fsp3) is 0.500. The first-order chi connectivity index (χ1) is 19.8. The quantitative estimate of drug-likeness (QED) is 0.126. The lowest BCUT2D eigenvalue weighted by molar-refractivity contribution is -0.141. The molecule has 1 heterocycles. The van der Waals surface area contributed by atoms with Crippen LogP contribution in [0.15, 0.2) is 42.5 Å². The van der Waals surface area contributed by atoms with Gasteiger partial charge in [-0.05, 0) is 74.0 Å². The molecule has 0 radical (unpaired) electrons. The van der Waals surface area contributed by atoms with E-state index < -0.39 is 30.6 Å². The molecule has 0 unspecified atom stereocenters. The minimum Gasteiger partial charge on any atom is -0.508 e. The van der Waals surface area contributed by atoms with Crippen LogP contribution in [0.25, 0.3) is 0 Å². The van der Waals surface area contributed by atoms with Crippen molar-refractivity contribution in [1.29, 1.82) is 0 Å². The highest BCUT2D eigenvalue weighted by molar-refractivity contribution is 6.13. The number of phenols is 1. The second-order valence-electron chi connectivity index (χ2n) is 10.2. The number of unbranched alkanes of at least 4 members (excludes halogenated alkanes) is 4. The topological polar surface area (TPSA) is 160 Å². The zero-order valence-electron chi connectivity index (χ0n) is 23.3. The molecule has 1 aliphatic heterocycles. The van der Waals surface area contributed by atoms with E-state index in [-0.39, 0.29) is 18.9 Å². The second-order valence-corrected chi connectivity index (χ2v) is 10.2. The van der Waals surface area contributed by atoms with Gasteiger partial charge in [0.1, 0.15) is 18.8 Å². The standard InChI is InChI=1S/C30H41N3O8/c34-21-24-17-23(11-12-26(24)35)27(36)18-31-13-4-1-2-5-14-41-15-6-3-8-22-9-7-10-25(16-22)32-19-28(37)33(30(32)40)20-29(38)39/h7,9-12,16-17,27,31,34-36H,1-6,8,13-15,18-21H2,(H,38,39)/t27-/m0/s1. The number of nitrogens with zero attached hydrogens (tertiary/aromatic N) is 2. The fourth-order valence-electron chi connectivity index (χ4n) is 4.65. The predicted molar refractivity (Wildman–Crippen MR) is 153 cm³/mol. The maximum atomic E-state index is 12.5. The van der Waals surface area contributed by atoms with Gasteiger partial charge in [-0.1, -0.05) is 31.0 Å². The number of carbonyl (C=O) groups is 3. The summed E-state index contributed by atoms with van der Waals surface area (Å²) in [7, 11) is 0. The molecule has 1 atom stereocenters. The lowest BCUT2D eigenvalue weighted by Gasteiger charge is -2.17. The third-order valence-corrected chi connectivity index (χ3v) is 6.96. The number of aliphatic hydroxyl groups excluding tert-OH is 2. The second kappa shape index (κ2) is 16.7. The molecule has 0 aliphatic carbocycles. The monoisotopic (exact) mass is 571 g/mol. The van der Waals surface area contributed by atoms with Gasteiger partial charge in [0.25, 0.3) is 5.91 Å². The summed E-state index contributed by atoms with van der Waals surface area (Å²) in [5.74, 6) is -1.72. The number of anilines is 1. The molecular weight excluding hydrogens is 530 g/mol. The van der Waals surface area contributed by atoms with E-state index in [0.717, 1.165) is 62.0 Å². The number of aliphatic hydroxyl groups is 2. The van der Waals surface area contributed by atoms with Gasteiger partial charge in [0.15, 0.2) is 0 Å². The molecule has 224 valence electrons. The smallest absolute Gasteiger partial charge is 0.332 e. The number of urea groups is 1. The van der Waals surface area contributed by atoms with Gasteiger partial charge in [-0.2, -0.15) is 0 Å². The van der Waals surface area contributed by atoms with Crippen molar-refractivity contribution in [2.24, 2.45) is 0 Å². The Morgan fingerprint density at radius 3 is 2.51 bits per heavy atom. The Labute approximate surface area is 240 Å². The van der Waals surface area contributed by atoms with Gasteiger partial charge in [-0.25, -0.2) is 4.79 Å². The maximum Gasteiger partial charge on any atom is 0.332 e. The van der Waals surface area contributed by atoms with Crippen molar-refractivity contribution in [2.45, 2.75) is 57.7 Å². The zero-order valence-corrected chi connectivity index (χ0v) is 23.3. The van der Waals surface area contributed by atoms with E-state index >= 15 is 0 Å². The molecular formula is C30H41N3O8. The Morgan fingerprint density at radius 2 is 1.76 bits per heavy atom. The van der Waals surface area contributed by atoms with E-state index in [0.29, 0.717) is 36.6 Å². The average Bonchev–Trinajstić information content (AvgIpc) is 3.23. The number of hydrogen-bond acceptors (Lipinski definition) is 8. The molecule has 2 aromatic rings. The number of aliphatic carboxylic acids is 1. The molecule has 3 rings (SSSR count). The first-order valence-electron chi connectivity index (χ1n) is 14.1. The molecule has 2 aromatic carbocycles. The number of ether oxygens (including phenoxy) is 1. The van der Waals surface area contributed by atoms with E-state index in [4.69, 9.17) is 9.84 Å². The van der Waals surface area contributed by atoms with Crippen LogP contribution in [-0.4, -0.2) is 82.6 Å². The fourth-order valence-corrected chi connectivity index (χ4v) is 4.65. The van der Waals surface area contributed by atoms with Crippen LogP contribution in [0.2, 0.25) is 0 Å². The number of carboxylic acid groups (broad SMARTS) is 1. The molecule has 0 saturated carbocycles. The van der Waals surface area contributed by atoms with E-state index in [1.807, 2.05) is 18.2 Å². The summed E-state index contributed by atoms with van der Waals surface area (Å²) >= 11 is 0. The van der Waals surface area contributed by atoms with Crippen molar-refractivity contribution in [3.05, 3.63) is 59.2 Å². The van der Waals surface area contributed by atoms with Crippen molar-refractivity contribution in [1.82, 2.24) is 10.2 Å². The van der Waals surface area contributed by atoms with Gasteiger partial charge in [0.05, 0.1) is 12.7 Å². The summed E-state index contributed by atoms with van der Waals surface area (Å²) in [4.78, 5) is 37.5. The highest BCUT2D eigenvalue weighted by Crippen LogP contribution is 2.24. The molecule has 11 nitrogen and oxygen atoms in total. The number of imide groups is 1. The van der Waals surface area contributed by atoms with Crippen LogP contribution >= 0.6 is 0 Å². The summed E-state index contributed by atoms with van der Waals surface area (Å²) in [5, 5.41) is 41.3. The zero-order chi connectivity index (χ0) is 29.6. The summed E-state index contributed by atoms with van der Waals surface area (Å²) in [5.41, 5.74) is 2.69. The number of aryl methyl sites for hydroxylation is 1. The van der Waals surface area contributed by atoms with Gasteiger partial charge >= 0.3 is 12.0 Å². The van der Waals surface area contributed by atoms with E-state index in [2.05, 4.69) is 5.32 Å². The van der Waals surface area contributed by atoms with Gasteiger partial charge in [-0.15, -0.1) is 0 Å². The van der Waals surface area contributed by atoms with Crippen molar-refractivity contribution >= 4 is 23.6 Å². The summed E-state index contributed by atoms with van der Waals surface area (Å²) < 4.78 is 5.75. The molecule has 11 heteroatoms. The molecule has 0 aromatic heterocycles. The number of aromatic hydroxyl groups is 1. The molecule has 1 fully saturated rings. The van der Waals surface area contributed by atoms with Crippen LogP contribution in [0.4, 0.5) is 10.5 Å². The number of amides is 3. The van der Waals surface area contributed by atoms with Crippen LogP contribution in [0, 0.1) is 0 Å². The lowest BCUT2D eigenvalue weighted by atomic mass is 10.1. The molecule has 1 aliphatic rings. The number of nitrogens with one attached hydrogen (secondary N) is 1. The molecule has 41 heavy (non-hydrogen) atoms. The SMILES string of the molecule is O=C(O)CN1C(=O)CN(c2cccc(CCCCOCCCCCCNC[C@H](O)c3ccc(O)c(CO)c3)c2)C1=O. The Morgan fingerprint density at radius 1 is 1.00 bits per heavy atom. The molecule has 0 spiro atoms. The van der Waals surface area contributed by atoms with Gasteiger partial charge < -0.3 is 30.5 Å². The van der Waals surface area contributed by atoms with Crippen LogP contribution in [0.5, 0.6) is 5.75 Å². The molecule has 1 saturated heterocycles. The van der Waals surface area contributed by atoms with E-state index in [1.165, 1.54) is 11.0 Å². The minimum absolute atomic E-state index is 0.0223. The van der Waals surface area contributed by atoms with E-state index in [9.17, 15) is 29.7 Å². The predicted octanol–water partition coefficient (Wildman–Crippen LogP) is 2.96. The molecule has 0 bridgehead atoms. The van der Waals surface area contributed by atoms with Crippen LogP contribution in [-0.2, 0) is 27.4 Å². The van der Waals surface area contributed by atoms with Crippen molar-refractivity contribution in [3.63, 3.8) is 0 Å². The Hall–Kier alpha value is -3.51. The number of hydrogen-bond donors (Lipinski definition) is 5. The summed E-state index contributed by atoms with van der Waals surface area (Å²) in [6.07, 6.45) is 6.06. The highest BCUT2D eigenvalue weighted by atomic mass is 16.5. The first-order valence-corrected chi connectivity index (χ1v) is 14.1. The Kier molecular flexibility index (Phi) is 13.0. The van der Waals surface area contributed by atoms with Crippen molar-refractivity contribution in [2.75, 3.05) is 44.3 Å².